The van der Waals surface area contributed by atoms with Gasteiger partial charge in [-0.05, 0) is 24.6 Å². The minimum Gasteiger partial charge on any atom is -0.426 e. The molecule has 0 radical (unpaired) electrons. The summed E-state index contributed by atoms with van der Waals surface area (Å²) in [6, 6.07) is 7.47. The van der Waals surface area contributed by atoms with E-state index in [1.54, 1.807) is 6.07 Å². The summed E-state index contributed by atoms with van der Waals surface area (Å²) in [7, 11) is 0. The van der Waals surface area contributed by atoms with Crippen LogP contribution in [0.1, 0.15) is 33.3 Å². The molecular formula is C13H20O2. The molecule has 0 aliphatic heterocycles. The second kappa shape index (κ2) is 7.04. The van der Waals surface area contributed by atoms with E-state index >= 15 is 0 Å². The fourth-order valence-electron chi connectivity index (χ4n) is 0.913. The van der Waals surface area contributed by atoms with E-state index in [2.05, 4.69) is 0 Å². The maximum Gasteiger partial charge on any atom is 0.313 e. The van der Waals surface area contributed by atoms with Crippen molar-refractivity contribution in [1.29, 1.82) is 0 Å². The Morgan fingerprint density at radius 1 is 1.27 bits per heavy atom. The summed E-state index contributed by atoms with van der Waals surface area (Å²) >= 11 is 0. The molecule has 0 N–H and O–H groups in total. The van der Waals surface area contributed by atoms with Gasteiger partial charge >= 0.3 is 5.97 Å². The highest BCUT2D eigenvalue weighted by molar-refractivity contribution is 5.74. The highest BCUT2D eigenvalue weighted by atomic mass is 16.5. The van der Waals surface area contributed by atoms with Crippen molar-refractivity contribution in [3.63, 3.8) is 0 Å². The van der Waals surface area contributed by atoms with Crippen LogP contribution in [0.3, 0.4) is 0 Å². The van der Waals surface area contributed by atoms with Gasteiger partial charge < -0.3 is 4.74 Å². The first-order chi connectivity index (χ1) is 7.09. The first-order valence-corrected chi connectivity index (χ1v) is 5.38. The van der Waals surface area contributed by atoms with Crippen LogP contribution < -0.4 is 4.74 Å². The summed E-state index contributed by atoms with van der Waals surface area (Å²) < 4.78 is 5.12. The van der Waals surface area contributed by atoms with E-state index < -0.39 is 0 Å². The number of carbonyl (C=O) groups excluding carboxylic acids is 1. The van der Waals surface area contributed by atoms with Crippen molar-refractivity contribution >= 4 is 5.97 Å². The second-order valence-electron chi connectivity index (χ2n) is 3.39. The van der Waals surface area contributed by atoms with Crippen LogP contribution in [0.15, 0.2) is 24.3 Å². The van der Waals surface area contributed by atoms with E-state index in [0.717, 1.165) is 5.56 Å². The molecule has 0 aliphatic carbocycles. The van der Waals surface area contributed by atoms with Crippen LogP contribution in [0.2, 0.25) is 0 Å². The van der Waals surface area contributed by atoms with Gasteiger partial charge in [0.1, 0.15) is 5.75 Å². The third-order valence-electron chi connectivity index (χ3n) is 1.68. The fourth-order valence-corrected chi connectivity index (χ4v) is 0.913. The predicted octanol–water partition coefficient (Wildman–Crippen LogP) is 3.58. The largest absolute Gasteiger partial charge is 0.426 e. The van der Waals surface area contributed by atoms with Crippen LogP contribution in [-0.2, 0) is 4.79 Å². The number of benzene rings is 1. The maximum absolute atomic E-state index is 11.2. The molecule has 1 aromatic carbocycles. The first kappa shape index (κ1) is 13.7. The zero-order chi connectivity index (χ0) is 11.8. The third kappa shape index (κ3) is 5.21. The molecule has 2 nitrogen and oxygen atoms in total. The lowest BCUT2D eigenvalue weighted by molar-refractivity contribution is -0.137. The lowest BCUT2D eigenvalue weighted by Gasteiger charge is -2.06. The topological polar surface area (TPSA) is 26.3 Å². The first-order valence-electron chi connectivity index (χ1n) is 5.38. The molecule has 0 bridgehead atoms. The lowest BCUT2D eigenvalue weighted by atomic mass is 10.2. The van der Waals surface area contributed by atoms with E-state index in [1.807, 2.05) is 52.8 Å². The third-order valence-corrected chi connectivity index (χ3v) is 1.68. The van der Waals surface area contributed by atoms with Crippen molar-refractivity contribution in [1.82, 2.24) is 0 Å². The number of carbonyl (C=O) groups is 1. The summed E-state index contributed by atoms with van der Waals surface area (Å²) in [5.41, 5.74) is 1.09. The molecule has 0 spiro atoms. The number of esters is 1. The maximum atomic E-state index is 11.2. The quantitative estimate of drug-likeness (QED) is 0.548. The van der Waals surface area contributed by atoms with Crippen LogP contribution in [0.25, 0.3) is 0 Å². The van der Waals surface area contributed by atoms with Crippen LogP contribution in [0.5, 0.6) is 5.75 Å². The summed E-state index contributed by atoms with van der Waals surface area (Å²) in [4.78, 5) is 11.2. The summed E-state index contributed by atoms with van der Waals surface area (Å²) in [5, 5.41) is 0. The average Bonchev–Trinajstić information content (AvgIpc) is 2.20. The smallest absolute Gasteiger partial charge is 0.313 e. The van der Waals surface area contributed by atoms with Gasteiger partial charge in [-0.1, -0.05) is 39.8 Å². The molecule has 1 rings (SSSR count). The van der Waals surface area contributed by atoms with Crippen molar-refractivity contribution in [2.24, 2.45) is 5.92 Å². The minimum absolute atomic E-state index is 0.0829. The molecule has 0 unspecified atom stereocenters. The number of hydrogen-bond acceptors (Lipinski definition) is 2. The Labute approximate surface area is 92.3 Å². The Kier molecular flexibility index (Phi) is 6.43. The summed E-state index contributed by atoms with van der Waals surface area (Å²) in [6.45, 7) is 9.60. The molecule has 0 aromatic heterocycles. The van der Waals surface area contributed by atoms with Gasteiger partial charge in [-0.25, -0.2) is 0 Å². The predicted molar refractivity (Wildman–Crippen MR) is 63.0 cm³/mol. The van der Waals surface area contributed by atoms with Gasteiger partial charge in [-0.3, -0.25) is 4.79 Å². The Hall–Kier alpha value is -1.31. The second-order valence-corrected chi connectivity index (χ2v) is 3.39. The van der Waals surface area contributed by atoms with Crippen LogP contribution in [0.4, 0.5) is 0 Å². The Morgan fingerprint density at radius 3 is 2.33 bits per heavy atom. The zero-order valence-electron chi connectivity index (χ0n) is 10.2. The van der Waals surface area contributed by atoms with E-state index in [0.29, 0.717) is 5.75 Å². The van der Waals surface area contributed by atoms with Crippen LogP contribution in [0, 0.1) is 12.8 Å². The van der Waals surface area contributed by atoms with Crippen molar-refractivity contribution in [2.75, 3.05) is 0 Å². The summed E-state index contributed by atoms with van der Waals surface area (Å²) in [5.74, 6) is 0.352. The van der Waals surface area contributed by atoms with E-state index in [1.165, 1.54) is 0 Å². The Morgan fingerprint density at radius 2 is 1.87 bits per heavy atom. The van der Waals surface area contributed by atoms with Gasteiger partial charge in [0.15, 0.2) is 0 Å². The lowest BCUT2D eigenvalue weighted by Crippen LogP contribution is -2.14. The van der Waals surface area contributed by atoms with Crippen LogP contribution >= 0.6 is 0 Å². The highest BCUT2D eigenvalue weighted by Crippen LogP contribution is 2.13. The number of aryl methyl sites for hydroxylation is 1. The average molecular weight is 208 g/mol. The molecule has 0 fully saturated rings. The molecule has 1 aromatic rings. The van der Waals surface area contributed by atoms with Gasteiger partial charge in [0, 0.05) is 0 Å². The Balaban J connectivity index is 0.000000921. The number of hydrogen-bond donors (Lipinski definition) is 0. The van der Waals surface area contributed by atoms with Gasteiger partial charge in [0.05, 0.1) is 5.92 Å². The molecule has 0 amide bonds. The molecule has 0 saturated carbocycles. The Bertz CT molecular complexity index is 303. The minimum atomic E-state index is -0.189. The molecule has 0 saturated heterocycles. The van der Waals surface area contributed by atoms with Crippen molar-refractivity contribution in [3.05, 3.63) is 29.8 Å². The van der Waals surface area contributed by atoms with Crippen LogP contribution in [-0.4, -0.2) is 5.97 Å². The fraction of sp³-hybridized carbons (Fsp3) is 0.462. The standard InChI is InChI=1S/C11H14O2.C2H6/c1-8(2)11(12)13-10-6-4-5-9(3)7-10;1-2/h4-8H,1-3H3;1-2H3. The zero-order valence-corrected chi connectivity index (χ0v) is 10.2. The molecule has 0 aliphatic rings. The monoisotopic (exact) mass is 208 g/mol. The molecule has 2 heteroatoms. The van der Waals surface area contributed by atoms with E-state index in [9.17, 15) is 4.79 Å². The summed E-state index contributed by atoms with van der Waals surface area (Å²) in [6.07, 6.45) is 0. The molecule has 84 valence electrons. The SMILES string of the molecule is CC.Cc1cccc(OC(=O)C(C)C)c1. The number of rotatable bonds is 2. The molecule has 15 heavy (non-hydrogen) atoms. The van der Waals surface area contributed by atoms with Crippen molar-refractivity contribution in [3.8, 4) is 5.75 Å². The van der Waals surface area contributed by atoms with E-state index in [-0.39, 0.29) is 11.9 Å². The molecule has 0 heterocycles. The normalized spacial score (nSPS) is 9.20. The van der Waals surface area contributed by atoms with Gasteiger partial charge in [0.25, 0.3) is 0 Å². The van der Waals surface area contributed by atoms with Gasteiger partial charge in [0.2, 0.25) is 0 Å². The molecular weight excluding hydrogens is 188 g/mol. The van der Waals surface area contributed by atoms with Crippen molar-refractivity contribution < 1.29 is 9.53 Å². The van der Waals surface area contributed by atoms with Gasteiger partial charge in [-0.15, -0.1) is 0 Å². The number of ether oxygens (including phenoxy) is 1. The molecule has 0 atom stereocenters. The van der Waals surface area contributed by atoms with E-state index in [4.69, 9.17) is 4.74 Å². The van der Waals surface area contributed by atoms with Crippen molar-refractivity contribution in [2.45, 2.75) is 34.6 Å². The van der Waals surface area contributed by atoms with Gasteiger partial charge in [-0.2, -0.15) is 0 Å². The highest BCUT2D eigenvalue weighted by Gasteiger charge is 2.08.